The van der Waals surface area contributed by atoms with Crippen LogP contribution in [0.1, 0.15) is 31.4 Å². The topological polar surface area (TPSA) is 47.6 Å². The van der Waals surface area contributed by atoms with E-state index >= 15 is 0 Å². The van der Waals surface area contributed by atoms with E-state index in [4.69, 9.17) is 9.47 Å². The minimum atomic E-state index is -0.507. The molecule has 0 heterocycles. The maximum Gasteiger partial charge on any atom is 0.261 e. The van der Waals surface area contributed by atoms with E-state index in [9.17, 15) is 4.79 Å². The van der Waals surface area contributed by atoms with E-state index in [0.717, 1.165) is 17.7 Å². The lowest BCUT2D eigenvalue weighted by Crippen LogP contribution is -2.37. The number of rotatable bonds is 8. The molecule has 2 aromatic carbocycles. The number of hydrogen-bond donors (Lipinski definition) is 1. The van der Waals surface area contributed by atoms with Gasteiger partial charge < -0.3 is 14.8 Å². The van der Waals surface area contributed by atoms with E-state index in [1.54, 1.807) is 7.11 Å². The molecule has 0 bridgehead atoms. The molecule has 1 unspecified atom stereocenters. The number of nitrogens with one attached hydrogen (secondary N) is 1. The number of aryl methyl sites for hydroxylation is 1. The van der Waals surface area contributed by atoms with Crippen molar-refractivity contribution in [2.45, 2.75) is 39.3 Å². The number of benzene rings is 2. The number of ether oxygens (including phenoxy) is 2. The third-order valence-corrected chi connectivity index (χ3v) is 3.92. The van der Waals surface area contributed by atoms with Crippen molar-refractivity contribution in [1.82, 2.24) is 5.32 Å². The van der Waals surface area contributed by atoms with Crippen molar-refractivity contribution in [1.29, 1.82) is 0 Å². The molecule has 1 N–H and O–H groups in total. The normalized spacial score (nSPS) is 11.6. The summed E-state index contributed by atoms with van der Waals surface area (Å²) in [5.74, 6) is 1.36. The van der Waals surface area contributed by atoms with Crippen molar-refractivity contribution in [3.05, 3.63) is 59.7 Å². The van der Waals surface area contributed by atoms with Gasteiger partial charge in [-0.1, -0.05) is 44.2 Å². The summed E-state index contributed by atoms with van der Waals surface area (Å²) in [6.07, 6.45) is 1.08. The molecule has 24 heavy (non-hydrogen) atoms. The van der Waals surface area contributed by atoms with Crippen LogP contribution in [0.3, 0.4) is 0 Å². The van der Waals surface area contributed by atoms with Gasteiger partial charge in [0.05, 0.1) is 7.11 Å². The fraction of sp³-hybridized carbons (Fsp3) is 0.350. The average molecular weight is 327 g/mol. The molecule has 4 nitrogen and oxygen atoms in total. The molecule has 0 radical (unpaired) electrons. The molecular weight excluding hydrogens is 302 g/mol. The molecule has 2 aromatic rings. The fourth-order valence-electron chi connectivity index (χ4n) is 2.44. The van der Waals surface area contributed by atoms with Gasteiger partial charge in [0, 0.05) is 12.1 Å². The molecule has 0 aliphatic heterocycles. The van der Waals surface area contributed by atoms with Crippen LogP contribution in [0.2, 0.25) is 0 Å². The molecule has 0 aromatic heterocycles. The quantitative estimate of drug-likeness (QED) is 0.803. The maximum atomic E-state index is 12.4. The third-order valence-electron chi connectivity index (χ3n) is 3.92. The number of methoxy groups -OCH3 is 1. The number of carbonyl (C=O) groups is 1. The van der Waals surface area contributed by atoms with Crippen LogP contribution in [0.15, 0.2) is 48.5 Å². The van der Waals surface area contributed by atoms with Gasteiger partial charge in [-0.2, -0.15) is 0 Å². The zero-order valence-corrected chi connectivity index (χ0v) is 14.5. The highest BCUT2D eigenvalue weighted by Crippen LogP contribution is 2.18. The lowest BCUT2D eigenvalue weighted by Gasteiger charge is -2.18. The molecule has 0 aliphatic carbocycles. The summed E-state index contributed by atoms with van der Waals surface area (Å²) in [5.41, 5.74) is 2.19. The summed E-state index contributed by atoms with van der Waals surface area (Å²) in [6, 6.07) is 15.5. The summed E-state index contributed by atoms with van der Waals surface area (Å²) < 4.78 is 11.1. The van der Waals surface area contributed by atoms with E-state index in [1.165, 1.54) is 5.56 Å². The van der Waals surface area contributed by atoms with E-state index < -0.39 is 6.10 Å². The predicted molar refractivity (Wildman–Crippen MR) is 95.4 cm³/mol. The summed E-state index contributed by atoms with van der Waals surface area (Å²) in [4.78, 5) is 12.4. The highest BCUT2D eigenvalue weighted by atomic mass is 16.5. The lowest BCUT2D eigenvalue weighted by molar-refractivity contribution is -0.128. The Bertz CT molecular complexity index is 652. The first kappa shape index (κ1) is 17.9. The Kier molecular flexibility index (Phi) is 6.67. The second-order valence-electron chi connectivity index (χ2n) is 5.54. The average Bonchev–Trinajstić information content (AvgIpc) is 2.64. The molecule has 0 aliphatic rings. The number of carbonyl (C=O) groups excluding carboxylic acids is 1. The Labute approximate surface area is 143 Å². The van der Waals surface area contributed by atoms with Crippen LogP contribution in [0.4, 0.5) is 0 Å². The number of hydrogen-bond acceptors (Lipinski definition) is 3. The standard InChI is InChI=1S/C20H25NO3/c1-4-15-10-12-17(13-11-15)24-18(5-2)20(22)21-14-16-8-6-7-9-19(16)23-3/h6-13,18H,4-5,14H2,1-3H3,(H,21,22). The maximum absolute atomic E-state index is 12.4. The monoisotopic (exact) mass is 327 g/mol. The molecule has 0 saturated carbocycles. The SMILES string of the molecule is CCc1ccc(OC(CC)C(=O)NCc2ccccc2OC)cc1. The highest BCUT2D eigenvalue weighted by molar-refractivity contribution is 5.81. The van der Waals surface area contributed by atoms with Crippen molar-refractivity contribution >= 4 is 5.91 Å². The third kappa shape index (κ3) is 4.75. The Hall–Kier alpha value is -2.49. The minimum Gasteiger partial charge on any atom is -0.496 e. The molecular formula is C20H25NO3. The van der Waals surface area contributed by atoms with Crippen LogP contribution in [0.5, 0.6) is 11.5 Å². The largest absolute Gasteiger partial charge is 0.496 e. The van der Waals surface area contributed by atoms with Gasteiger partial charge in [-0.05, 0) is 36.6 Å². The van der Waals surface area contributed by atoms with Crippen LogP contribution in [-0.2, 0) is 17.8 Å². The molecule has 4 heteroatoms. The van der Waals surface area contributed by atoms with Crippen LogP contribution in [0.25, 0.3) is 0 Å². The summed E-state index contributed by atoms with van der Waals surface area (Å²) in [7, 11) is 1.62. The predicted octanol–water partition coefficient (Wildman–Crippen LogP) is 3.73. The van der Waals surface area contributed by atoms with Crippen molar-refractivity contribution < 1.29 is 14.3 Å². The van der Waals surface area contributed by atoms with Crippen molar-refractivity contribution in [3.63, 3.8) is 0 Å². The summed E-state index contributed by atoms with van der Waals surface area (Å²) in [6.45, 7) is 4.46. The van der Waals surface area contributed by atoms with Gasteiger partial charge in [-0.25, -0.2) is 0 Å². The van der Waals surface area contributed by atoms with Crippen LogP contribution in [-0.4, -0.2) is 19.1 Å². The zero-order valence-electron chi connectivity index (χ0n) is 14.5. The summed E-state index contributed by atoms with van der Waals surface area (Å²) in [5, 5.41) is 2.92. The molecule has 0 spiro atoms. The van der Waals surface area contributed by atoms with Crippen LogP contribution < -0.4 is 14.8 Å². The van der Waals surface area contributed by atoms with Gasteiger partial charge in [-0.3, -0.25) is 4.79 Å². The Morgan fingerprint density at radius 2 is 1.79 bits per heavy atom. The van der Waals surface area contributed by atoms with Gasteiger partial charge in [-0.15, -0.1) is 0 Å². The van der Waals surface area contributed by atoms with Crippen LogP contribution in [0, 0.1) is 0 Å². The molecule has 0 fully saturated rings. The molecule has 0 saturated heterocycles. The second-order valence-corrected chi connectivity index (χ2v) is 5.54. The van der Waals surface area contributed by atoms with Gasteiger partial charge >= 0.3 is 0 Å². The second kappa shape index (κ2) is 8.96. The minimum absolute atomic E-state index is 0.122. The molecule has 128 valence electrons. The smallest absolute Gasteiger partial charge is 0.261 e. The van der Waals surface area contributed by atoms with Crippen molar-refractivity contribution in [2.75, 3.05) is 7.11 Å². The van der Waals surface area contributed by atoms with Gasteiger partial charge in [0.1, 0.15) is 11.5 Å². The lowest BCUT2D eigenvalue weighted by atomic mass is 10.1. The highest BCUT2D eigenvalue weighted by Gasteiger charge is 2.18. The van der Waals surface area contributed by atoms with Gasteiger partial charge in [0.25, 0.3) is 5.91 Å². The zero-order chi connectivity index (χ0) is 17.4. The molecule has 2 rings (SSSR count). The van der Waals surface area contributed by atoms with Gasteiger partial charge in [0.15, 0.2) is 6.10 Å². The molecule has 1 amide bonds. The van der Waals surface area contributed by atoms with E-state index in [1.807, 2.05) is 55.5 Å². The molecule has 1 atom stereocenters. The Morgan fingerprint density at radius 3 is 2.42 bits per heavy atom. The van der Waals surface area contributed by atoms with E-state index in [0.29, 0.717) is 18.7 Å². The van der Waals surface area contributed by atoms with Crippen LogP contribution >= 0.6 is 0 Å². The Morgan fingerprint density at radius 1 is 1.08 bits per heavy atom. The first-order valence-electron chi connectivity index (χ1n) is 8.33. The summed E-state index contributed by atoms with van der Waals surface area (Å²) >= 11 is 0. The first-order valence-corrected chi connectivity index (χ1v) is 8.33. The van der Waals surface area contributed by atoms with E-state index in [2.05, 4.69) is 12.2 Å². The number of amides is 1. The Balaban J connectivity index is 1.95. The fourth-order valence-corrected chi connectivity index (χ4v) is 2.44. The van der Waals surface area contributed by atoms with Crippen molar-refractivity contribution in [2.24, 2.45) is 0 Å². The first-order chi connectivity index (χ1) is 11.7. The van der Waals surface area contributed by atoms with Crippen molar-refractivity contribution in [3.8, 4) is 11.5 Å². The van der Waals surface area contributed by atoms with E-state index in [-0.39, 0.29) is 5.91 Å². The number of para-hydroxylation sites is 1. The van der Waals surface area contributed by atoms with Gasteiger partial charge in [0.2, 0.25) is 0 Å².